The number of nitrogens with one attached hydrogen (secondary N) is 1. The Labute approximate surface area is 91.0 Å². The van der Waals surface area contributed by atoms with Gasteiger partial charge in [-0.3, -0.25) is 0 Å². The number of nitrogens with zero attached hydrogens (tertiary/aromatic N) is 1. The smallest absolute Gasteiger partial charge is 0.162 e. The van der Waals surface area contributed by atoms with Crippen molar-refractivity contribution in [3.05, 3.63) is 17.5 Å². The van der Waals surface area contributed by atoms with Crippen LogP contribution in [0.25, 0.3) is 0 Å². The molecule has 0 bridgehead atoms. The van der Waals surface area contributed by atoms with Gasteiger partial charge in [-0.1, -0.05) is 19.0 Å². The van der Waals surface area contributed by atoms with Gasteiger partial charge >= 0.3 is 0 Å². The Hall–Kier alpha value is -0.870. The van der Waals surface area contributed by atoms with Crippen LogP contribution in [0.3, 0.4) is 0 Å². The minimum Gasteiger partial charge on any atom is -0.370 e. The minimum atomic E-state index is 0.271. The number of hydrogen-bond acceptors (Lipinski definition) is 4. The van der Waals surface area contributed by atoms with E-state index in [2.05, 4.69) is 31.2 Å². The summed E-state index contributed by atoms with van der Waals surface area (Å²) < 4.78 is 10.7. The van der Waals surface area contributed by atoms with Crippen LogP contribution in [-0.2, 0) is 17.9 Å². The second kappa shape index (κ2) is 6.58. The molecule has 15 heavy (non-hydrogen) atoms. The van der Waals surface area contributed by atoms with Gasteiger partial charge in [-0.15, -0.1) is 0 Å². The summed E-state index contributed by atoms with van der Waals surface area (Å²) in [6.45, 7) is 8.41. The summed E-state index contributed by atoms with van der Waals surface area (Å²) in [5.74, 6) is 0.795. The van der Waals surface area contributed by atoms with Gasteiger partial charge in [0.05, 0.1) is 11.8 Å². The van der Waals surface area contributed by atoms with Crippen molar-refractivity contribution in [1.82, 2.24) is 10.5 Å². The molecule has 0 fully saturated rings. The molecule has 0 aromatic carbocycles. The van der Waals surface area contributed by atoms with Gasteiger partial charge in [0, 0.05) is 12.6 Å². The topological polar surface area (TPSA) is 47.3 Å². The quantitative estimate of drug-likeness (QED) is 0.752. The van der Waals surface area contributed by atoms with Crippen LogP contribution in [0, 0.1) is 0 Å². The first kappa shape index (κ1) is 12.2. The third-order valence-electron chi connectivity index (χ3n) is 2.25. The first-order valence-electron chi connectivity index (χ1n) is 5.53. The van der Waals surface area contributed by atoms with Crippen LogP contribution in [-0.4, -0.2) is 17.8 Å². The van der Waals surface area contributed by atoms with Crippen molar-refractivity contribution < 1.29 is 9.26 Å². The third-order valence-corrected chi connectivity index (χ3v) is 2.25. The van der Waals surface area contributed by atoms with Crippen LogP contribution in [0.2, 0.25) is 0 Å². The normalized spacial score (nSPS) is 13.0. The molecule has 0 aliphatic rings. The van der Waals surface area contributed by atoms with Crippen molar-refractivity contribution >= 4 is 0 Å². The summed E-state index contributed by atoms with van der Waals surface area (Å²) in [6.07, 6.45) is 1.28. The molecule has 0 aliphatic carbocycles. The lowest BCUT2D eigenvalue weighted by Gasteiger charge is -2.07. The minimum absolute atomic E-state index is 0.271. The molecule has 0 amide bonds. The average Bonchev–Trinajstić information content (AvgIpc) is 2.71. The zero-order chi connectivity index (χ0) is 11.1. The molecule has 1 heterocycles. The zero-order valence-corrected chi connectivity index (χ0v) is 9.75. The highest BCUT2D eigenvalue weighted by molar-refractivity contribution is 5.04. The van der Waals surface area contributed by atoms with Gasteiger partial charge in [-0.2, -0.15) is 0 Å². The summed E-state index contributed by atoms with van der Waals surface area (Å²) in [7, 11) is 0. The van der Waals surface area contributed by atoms with Crippen LogP contribution in [0.1, 0.15) is 38.6 Å². The summed E-state index contributed by atoms with van der Waals surface area (Å²) >= 11 is 0. The van der Waals surface area contributed by atoms with Gasteiger partial charge in [0.1, 0.15) is 6.61 Å². The molecule has 1 rings (SSSR count). The highest BCUT2D eigenvalue weighted by atomic mass is 16.5. The zero-order valence-electron chi connectivity index (χ0n) is 9.75. The molecule has 0 saturated heterocycles. The fraction of sp³-hybridized carbons (Fsp3) is 0.727. The van der Waals surface area contributed by atoms with Gasteiger partial charge < -0.3 is 14.6 Å². The van der Waals surface area contributed by atoms with Crippen molar-refractivity contribution in [3.8, 4) is 0 Å². The predicted molar refractivity (Wildman–Crippen MR) is 58.4 cm³/mol. The van der Waals surface area contributed by atoms with E-state index in [1.54, 1.807) is 0 Å². The second-order valence-electron chi connectivity index (χ2n) is 3.59. The van der Waals surface area contributed by atoms with E-state index in [0.29, 0.717) is 6.61 Å². The molecular formula is C11H20N2O2. The number of hydrogen-bond donors (Lipinski definition) is 1. The van der Waals surface area contributed by atoms with E-state index in [9.17, 15) is 0 Å². The monoisotopic (exact) mass is 212 g/mol. The van der Waals surface area contributed by atoms with E-state index in [-0.39, 0.29) is 6.10 Å². The summed E-state index contributed by atoms with van der Waals surface area (Å²) in [5, 5.41) is 7.13. The van der Waals surface area contributed by atoms with Crippen molar-refractivity contribution in [2.45, 2.75) is 46.4 Å². The van der Waals surface area contributed by atoms with Crippen LogP contribution < -0.4 is 5.32 Å². The lowest BCUT2D eigenvalue weighted by atomic mass is 10.3. The maximum Gasteiger partial charge on any atom is 0.162 e. The molecule has 86 valence electrons. The molecule has 1 aromatic heterocycles. The lowest BCUT2D eigenvalue weighted by molar-refractivity contribution is 0.0377. The van der Waals surface area contributed by atoms with Crippen molar-refractivity contribution in [2.24, 2.45) is 0 Å². The summed E-state index contributed by atoms with van der Waals surface area (Å²) in [5.41, 5.74) is 0.930. The summed E-state index contributed by atoms with van der Waals surface area (Å²) in [4.78, 5) is 0. The van der Waals surface area contributed by atoms with Crippen molar-refractivity contribution in [2.75, 3.05) is 6.54 Å². The van der Waals surface area contributed by atoms with Crippen molar-refractivity contribution in [3.63, 3.8) is 0 Å². The molecular weight excluding hydrogens is 192 g/mol. The average molecular weight is 212 g/mol. The first-order valence-corrected chi connectivity index (χ1v) is 5.53. The van der Waals surface area contributed by atoms with Crippen molar-refractivity contribution in [1.29, 1.82) is 0 Å². The van der Waals surface area contributed by atoms with E-state index in [1.165, 1.54) is 0 Å². The molecule has 0 radical (unpaired) electrons. The maximum absolute atomic E-state index is 5.54. The SMILES string of the molecule is CCNCc1cc(COC(C)CC)on1. The predicted octanol–water partition coefficient (Wildman–Crippen LogP) is 2.10. The fourth-order valence-corrected chi connectivity index (χ4v) is 1.10. The summed E-state index contributed by atoms with van der Waals surface area (Å²) in [6, 6.07) is 1.94. The van der Waals surface area contributed by atoms with Gasteiger partial charge in [-0.05, 0) is 19.9 Å². The Kier molecular flexibility index (Phi) is 5.36. The second-order valence-corrected chi connectivity index (χ2v) is 3.59. The van der Waals surface area contributed by atoms with Crippen LogP contribution >= 0.6 is 0 Å². The largest absolute Gasteiger partial charge is 0.370 e. The molecule has 1 aromatic rings. The van der Waals surface area contributed by atoms with E-state index in [0.717, 1.165) is 31.0 Å². The fourth-order valence-electron chi connectivity index (χ4n) is 1.10. The number of ether oxygens (including phenoxy) is 1. The van der Waals surface area contributed by atoms with E-state index >= 15 is 0 Å². The molecule has 4 nitrogen and oxygen atoms in total. The molecule has 1 atom stereocenters. The van der Waals surface area contributed by atoms with E-state index in [4.69, 9.17) is 9.26 Å². The van der Waals surface area contributed by atoms with E-state index < -0.39 is 0 Å². The standard InChI is InChI=1S/C11H20N2O2/c1-4-9(3)14-8-11-6-10(13-15-11)7-12-5-2/h6,9,12H,4-5,7-8H2,1-3H3. The molecule has 0 aliphatic heterocycles. The van der Waals surface area contributed by atoms with Crippen LogP contribution in [0.15, 0.2) is 10.6 Å². The van der Waals surface area contributed by atoms with Gasteiger partial charge in [0.25, 0.3) is 0 Å². The Morgan fingerprint density at radius 2 is 2.33 bits per heavy atom. The van der Waals surface area contributed by atoms with Gasteiger partial charge in [0.2, 0.25) is 0 Å². The lowest BCUT2D eigenvalue weighted by Crippen LogP contribution is -2.11. The highest BCUT2D eigenvalue weighted by Gasteiger charge is 2.05. The van der Waals surface area contributed by atoms with Crippen LogP contribution in [0.4, 0.5) is 0 Å². The third kappa shape index (κ3) is 4.44. The van der Waals surface area contributed by atoms with E-state index in [1.807, 2.05) is 6.07 Å². The molecule has 0 saturated carbocycles. The Morgan fingerprint density at radius 1 is 1.53 bits per heavy atom. The Balaban J connectivity index is 2.32. The molecule has 1 N–H and O–H groups in total. The Morgan fingerprint density at radius 3 is 3.00 bits per heavy atom. The van der Waals surface area contributed by atoms with Crippen LogP contribution in [0.5, 0.6) is 0 Å². The highest BCUT2D eigenvalue weighted by Crippen LogP contribution is 2.07. The molecule has 4 heteroatoms. The molecule has 0 spiro atoms. The number of rotatable bonds is 7. The van der Waals surface area contributed by atoms with Gasteiger partial charge in [0.15, 0.2) is 5.76 Å². The van der Waals surface area contributed by atoms with Gasteiger partial charge in [-0.25, -0.2) is 0 Å². The first-order chi connectivity index (χ1) is 7.26. The number of aromatic nitrogens is 1. The Bertz CT molecular complexity index is 273. The molecule has 1 unspecified atom stereocenters. The maximum atomic E-state index is 5.54.